The molecule has 0 aromatic heterocycles. The Morgan fingerprint density at radius 3 is 2.25 bits per heavy atom. The van der Waals surface area contributed by atoms with Crippen LogP contribution in [-0.4, -0.2) is 18.1 Å². The second kappa shape index (κ2) is 3.78. The highest BCUT2D eigenvalue weighted by molar-refractivity contribution is 8.38. The summed E-state index contributed by atoms with van der Waals surface area (Å²) in [5.74, 6) is 0. The Balaban J connectivity index is 1.97. The van der Waals surface area contributed by atoms with E-state index in [0.29, 0.717) is 8.67 Å². The van der Waals surface area contributed by atoms with Crippen LogP contribution in [0.15, 0.2) is 0 Å². The van der Waals surface area contributed by atoms with Crippen LogP contribution in [0.2, 0.25) is 6.55 Å². The molecule has 3 heteroatoms. The fourth-order valence-electron chi connectivity index (χ4n) is 0. The molecule has 0 atom stereocenters. The molecule has 0 aliphatic rings. The van der Waals surface area contributed by atoms with Gasteiger partial charge in [0.2, 0.25) is 0 Å². The number of hydrogen-bond acceptors (Lipinski definition) is 1. The van der Waals surface area contributed by atoms with E-state index < -0.39 is 0 Å². The molecular weight excluding hydrogens is 100 g/mol. The van der Waals surface area contributed by atoms with Crippen molar-refractivity contribution < 1.29 is 0 Å². The van der Waals surface area contributed by atoms with Gasteiger partial charge in [-0.3, -0.25) is 0 Å². The number of rotatable bonds is 1. The fourth-order valence-corrected chi connectivity index (χ4v) is 0. The van der Waals surface area contributed by atoms with Crippen molar-refractivity contribution in [3.63, 3.8) is 0 Å². The van der Waals surface area contributed by atoms with Gasteiger partial charge in [0.1, 0.15) is 0 Å². The van der Waals surface area contributed by atoms with E-state index in [4.69, 9.17) is 0 Å². The average Bonchev–Trinajstić information content (AvgIpc) is 1.37. The lowest BCUT2D eigenvalue weighted by Gasteiger charge is -1.68. The van der Waals surface area contributed by atoms with Crippen molar-refractivity contribution in [3.8, 4) is 0 Å². The van der Waals surface area contributed by atoms with E-state index in [9.17, 15) is 0 Å². The minimum Gasteiger partial charge on any atom is -0.226 e. The highest BCUT2D eigenvalue weighted by Gasteiger charge is 1.57. The minimum absolute atomic E-state index is 0.403. The summed E-state index contributed by atoms with van der Waals surface area (Å²) in [5.41, 5.74) is 0. The van der Waals surface area contributed by atoms with Crippen molar-refractivity contribution in [2.24, 2.45) is 0 Å². The molecule has 0 rings (SSSR count). The van der Waals surface area contributed by atoms with Gasteiger partial charge in [0.05, 0.1) is 18.1 Å². The largest absolute Gasteiger partial charge is 0.226 e. The Kier molecular flexibility index (Phi) is 4.53. The predicted octanol–water partition coefficient (Wildman–Crippen LogP) is -0.868. The van der Waals surface area contributed by atoms with E-state index in [0.717, 1.165) is 0 Å². The molecule has 0 aromatic carbocycles. The molecule has 0 fully saturated rings. The van der Waals surface area contributed by atoms with Crippen molar-refractivity contribution in [2.75, 3.05) is 0 Å². The molecule has 0 N–H and O–H groups in total. The molecule has 0 aromatic rings. The van der Waals surface area contributed by atoms with Crippen LogP contribution in [0.1, 0.15) is 0 Å². The highest BCUT2D eigenvalue weighted by Crippen LogP contribution is 1.77. The normalized spacial score (nSPS) is 11.2. The van der Waals surface area contributed by atoms with Gasteiger partial charge in [-0.1, -0.05) is 6.55 Å². The summed E-state index contributed by atoms with van der Waals surface area (Å²) < 4.78 is 0. The maximum atomic E-state index is 2.32. The number of hydrogen-bond donors (Lipinski definition) is 0. The minimum atomic E-state index is 0.403. The zero-order valence-corrected chi connectivity index (χ0v) is 7.35. The van der Waals surface area contributed by atoms with Crippen molar-refractivity contribution in [1.82, 2.24) is 0 Å². The van der Waals surface area contributed by atoms with Gasteiger partial charge in [-0.2, -0.15) is 0 Å². The zero-order valence-electron chi connectivity index (χ0n) is 3.12. The van der Waals surface area contributed by atoms with Gasteiger partial charge in [-0.15, -0.1) is 0 Å². The van der Waals surface area contributed by atoms with E-state index in [1.807, 2.05) is 0 Å². The molecule has 26 valence electrons. The van der Waals surface area contributed by atoms with Gasteiger partial charge in [0.15, 0.2) is 0 Å². The van der Waals surface area contributed by atoms with Crippen LogP contribution in [0.25, 0.3) is 0 Å². The fraction of sp³-hybridized carbons (Fsp3) is 1.00. The van der Waals surface area contributed by atoms with Crippen molar-refractivity contribution in [2.45, 2.75) is 6.55 Å². The molecule has 0 aliphatic carbocycles. The Hall–Kier alpha value is 0.784. The smallest absolute Gasteiger partial charge is 0.0737 e. The van der Waals surface area contributed by atoms with Crippen LogP contribution in [0.4, 0.5) is 0 Å². The maximum absolute atomic E-state index is 2.32. The lowest BCUT2D eigenvalue weighted by molar-refractivity contribution is 2.38. The predicted molar refractivity (Wildman–Crippen MR) is 31.9 cm³/mol. The second-order valence-electron chi connectivity index (χ2n) is 0.577. The Labute approximate surface area is 35.9 Å². The van der Waals surface area contributed by atoms with E-state index >= 15 is 0 Å². The molecule has 0 amide bonds. The van der Waals surface area contributed by atoms with Gasteiger partial charge in [-0.05, 0) is 0 Å². The lowest BCUT2D eigenvalue weighted by atomic mass is 11.9. The first-order valence-corrected chi connectivity index (χ1v) is 8.39. The molecule has 0 saturated carbocycles. The van der Waals surface area contributed by atoms with Gasteiger partial charge >= 0.3 is 0 Å². The quantitative estimate of drug-likeness (QED) is 0.394. The van der Waals surface area contributed by atoms with E-state index in [-0.39, 0.29) is 0 Å². The molecule has 0 saturated heterocycles. The highest BCUT2D eigenvalue weighted by atomic mass is 32.5. The van der Waals surface area contributed by atoms with Crippen LogP contribution in [-0.2, 0) is 0 Å². The molecule has 0 heterocycles. The molecule has 0 spiro atoms. The first kappa shape index (κ1) is 4.78. The lowest BCUT2D eigenvalue weighted by Crippen LogP contribution is -1.61. The average molecular weight is 108 g/mol. The van der Waals surface area contributed by atoms with Crippen molar-refractivity contribution in [1.29, 1.82) is 0 Å². The monoisotopic (exact) mass is 108 g/mol. The van der Waals surface area contributed by atoms with Crippen LogP contribution in [0, 0.1) is 0 Å². The second-order valence-corrected chi connectivity index (χ2v) is 10.4. The van der Waals surface area contributed by atoms with Crippen LogP contribution in [0.5, 0.6) is 0 Å². The summed E-state index contributed by atoms with van der Waals surface area (Å²) in [5, 5.41) is 0. The molecule has 0 aliphatic heterocycles. The van der Waals surface area contributed by atoms with Crippen LogP contribution < -0.4 is 0 Å². The van der Waals surface area contributed by atoms with Gasteiger partial charge in [-0.25, -0.2) is 10.7 Å². The summed E-state index contributed by atoms with van der Waals surface area (Å²) in [6, 6.07) is 0. The van der Waals surface area contributed by atoms with Crippen molar-refractivity contribution in [3.05, 3.63) is 0 Å². The van der Waals surface area contributed by atoms with Gasteiger partial charge < -0.3 is 0 Å². The van der Waals surface area contributed by atoms with Crippen LogP contribution in [0.3, 0.4) is 0 Å². The third kappa shape index (κ3) is 2.78. The molecular formula is CH8SSi2. The summed E-state index contributed by atoms with van der Waals surface area (Å²) in [4.78, 5) is 0. The molecule has 0 unspecified atom stereocenters. The third-order valence-corrected chi connectivity index (χ3v) is 7.79. The zero-order chi connectivity index (χ0) is 3.41. The van der Waals surface area contributed by atoms with Gasteiger partial charge in [0.25, 0.3) is 0 Å². The Morgan fingerprint density at radius 2 is 2.25 bits per heavy atom. The third-order valence-electron chi connectivity index (χ3n) is 0.289. The Morgan fingerprint density at radius 1 is 2.00 bits per heavy atom. The summed E-state index contributed by atoms with van der Waals surface area (Å²) >= 11 is 0. The standard InChI is InChI=1S/CH8SSi2/c1-4-2-3/h4H2,1,3H3. The van der Waals surface area contributed by atoms with Crippen LogP contribution >= 0.6 is 10.7 Å². The SMILES string of the molecule is C[SiH2]S[SiH3]. The summed E-state index contributed by atoms with van der Waals surface area (Å²) in [6.45, 7) is 2.32. The molecule has 0 radical (unpaired) electrons. The summed E-state index contributed by atoms with van der Waals surface area (Å²) in [6.07, 6.45) is 0. The van der Waals surface area contributed by atoms with E-state index in [1.54, 1.807) is 0 Å². The summed E-state index contributed by atoms with van der Waals surface area (Å²) in [7, 11) is 3.91. The van der Waals surface area contributed by atoms with Gasteiger partial charge in [0, 0.05) is 0 Å². The molecule has 0 bridgehead atoms. The molecule has 0 nitrogen and oxygen atoms in total. The van der Waals surface area contributed by atoms with Crippen molar-refractivity contribution >= 4 is 28.7 Å². The first-order valence-electron chi connectivity index (χ1n) is 1.40. The Bertz CT molecular complexity index is 8.00. The topological polar surface area (TPSA) is 0 Å². The maximum Gasteiger partial charge on any atom is 0.0737 e. The molecule has 4 heavy (non-hydrogen) atoms. The van der Waals surface area contributed by atoms with E-state index in [2.05, 4.69) is 17.2 Å². The first-order chi connectivity index (χ1) is 1.91. The van der Waals surface area contributed by atoms with E-state index in [1.165, 1.54) is 9.39 Å².